The number of hydrogen-bond donors (Lipinski definition) is 2. The molecule has 7 heteroatoms. The van der Waals surface area contributed by atoms with Crippen LogP contribution in [0.5, 0.6) is 5.88 Å². The Hall–Kier alpha value is -2.93. The predicted octanol–water partition coefficient (Wildman–Crippen LogP) is 3.27. The highest BCUT2D eigenvalue weighted by molar-refractivity contribution is 6.05. The van der Waals surface area contributed by atoms with Crippen LogP contribution in [-0.4, -0.2) is 39.8 Å². The summed E-state index contributed by atoms with van der Waals surface area (Å²) in [5, 5.41) is 13.2. The molecule has 4 rings (SSSR count). The first kappa shape index (κ1) is 19.4. The van der Waals surface area contributed by atoms with Gasteiger partial charge in [-0.05, 0) is 36.6 Å². The molecule has 152 valence electrons. The molecule has 0 unspecified atom stereocenters. The number of fused-ring (bicyclic) bond motifs is 1. The highest BCUT2D eigenvalue weighted by Crippen LogP contribution is 2.25. The third-order valence-electron chi connectivity index (χ3n) is 5.46. The molecular weight excluding hydrogens is 373 g/mol. The zero-order valence-corrected chi connectivity index (χ0v) is 16.3. The first-order valence-electron chi connectivity index (χ1n) is 9.82. The van der Waals surface area contributed by atoms with Gasteiger partial charge in [0.05, 0.1) is 30.3 Å². The van der Waals surface area contributed by atoms with Crippen molar-refractivity contribution >= 4 is 16.9 Å². The summed E-state index contributed by atoms with van der Waals surface area (Å²) in [5.74, 6) is -0.132. The monoisotopic (exact) mass is 397 g/mol. The summed E-state index contributed by atoms with van der Waals surface area (Å²) in [6.45, 7) is 0.476. The van der Waals surface area contributed by atoms with E-state index in [4.69, 9.17) is 4.74 Å². The average Bonchev–Trinajstić information content (AvgIpc) is 3.09. The van der Waals surface area contributed by atoms with Crippen LogP contribution in [0.4, 0.5) is 4.39 Å². The van der Waals surface area contributed by atoms with Crippen molar-refractivity contribution in [3.63, 3.8) is 0 Å². The minimum Gasteiger partial charge on any atom is -0.481 e. The number of aliphatic hydroxyl groups excluding tert-OH is 1. The lowest BCUT2D eigenvalue weighted by molar-refractivity contribution is 0.0718. The topological polar surface area (TPSA) is 76.4 Å². The number of nitrogens with one attached hydrogen (secondary N) is 1. The van der Waals surface area contributed by atoms with Crippen molar-refractivity contribution < 1.29 is 19.0 Å². The van der Waals surface area contributed by atoms with E-state index >= 15 is 0 Å². The number of rotatable bonds is 5. The minimum atomic E-state index is -0.525. The lowest BCUT2D eigenvalue weighted by Gasteiger charge is -2.28. The van der Waals surface area contributed by atoms with E-state index in [1.165, 1.54) is 19.2 Å². The number of hydrogen-bond acceptors (Lipinski definition) is 4. The molecule has 1 saturated carbocycles. The quantitative estimate of drug-likeness (QED) is 0.693. The number of amides is 1. The average molecular weight is 397 g/mol. The predicted molar refractivity (Wildman–Crippen MR) is 108 cm³/mol. The van der Waals surface area contributed by atoms with Crippen LogP contribution < -0.4 is 10.1 Å². The van der Waals surface area contributed by atoms with E-state index in [0.29, 0.717) is 29.9 Å². The Morgan fingerprint density at radius 1 is 1.24 bits per heavy atom. The zero-order chi connectivity index (χ0) is 20.4. The molecule has 1 fully saturated rings. The lowest BCUT2D eigenvalue weighted by Crippen LogP contribution is -2.45. The highest BCUT2D eigenvalue weighted by atomic mass is 19.1. The molecule has 29 heavy (non-hydrogen) atoms. The van der Waals surface area contributed by atoms with Crippen molar-refractivity contribution in [1.29, 1.82) is 0 Å². The number of nitrogens with zero attached hydrogens (tertiary/aromatic N) is 2. The molecule has 1 amide bonds. The molecule has 0 spiro atoms. The Kier molecular flexibility index (Phi) is 5.49. The van der Waals surface area contributed by atoms with Crippen molar-refractivity contribution in [3.05, 3.63) is 59.5 Å². The number of aliphatic hydroxyl groups is 1. The minimum absolute atomic E-state index is 0.252. The van der Waals surface area contributed by atoms with Crippen LogP contribution in [-0.2, 0) is 6.54 Å². The Balaban J connectivity index is 1.68. The third-order valence-corrected chi connectivity index (χ3v) is 5.46. The maximum atomic E-state index is 13.2. The molecule has 0 aliphatic heterocycles. The maximum absolute atomic E-state index is 13.2. The Bertz CT molecular complexity index is 1020. The first-order valence-corrected chi connectivity index (χ1v) is 9.82. The van der Waals surface area contributed by atoms with Gasteiger partial charge in [-0.1, -0.05) is 25.0 Å². The fourth-order valence-electron chi connectivity index (χ4n) is 3.87. The van der Waals surface area contributed by atoms with Gasteiger partial charge < -0.3 is 19.7 Å². The van der Waals surface area contributed by atoms with Crippen molar-refractivity contribution in [2.24, 2.45) is 0 Å². The largest absolute Gasteiger partial charge is 0.481 e. The molecule has 2 aromatic heterocycles. The van der Waals surface area contributed by atoms with Gasteiger partial charge in [-0.25, -0.2) is 9.37 Å². The van der Waals surface area contributed by atoms with Crippen LogP contribution in [0, 0.1) is 5.82 Å². The number of pyridine rings is 1. The molecule has 2 heterocycles. The molecule has 1 aliphatic carbocycles. The molecule has 0 radical (unpaired) electrons. The zero-order valence-electron chi connectivity index (χ0n) is 16.3. The van der Waals surface area contributed by atoms with Crippen molar-refractivity contribution in [2.45, 2.75) is 44.4 Å². The van der Waals surface area contributed by atoms with Gasteiger partial charge >= 0.3 is 0 Å². The molecule has 0 saturated heterocycles. The van der Waals surface area contributed by atoms with Gasteiger partial charge in [-0.2, -0.15) is 0 Å². The number of carbonyl (C=O) groups is 1. The van der Waals surface area contributed by atoms with E-state index in [1.54, 1.807) is 24.4 Å². The van der Waals surface area contributed by atoms with Crippen LogP contribution >= 0.6 is 0 Å². The summed E-state index contributed by atoms with van der Waals surface area (Å²) >= 11 is 0. The second-order valence-corrected chi connectivity index (χ2v) is 7.45. The number of aromatic nitrogens is 2. The number of carbonyl (C=O) groups excluding carboxylic acids is 1. The van der Waals surface area contributed by atoms with Gasteiger partial charge in [0.15, 0.2) is 0 Å². The van der Waals surface area contributed by atoms with Crippen LogP contribution in [0.15, 0.2) is 42.6 Å². The number of methoxy groups -OCH3 is 1. The lowest BCUT2D eigenvalue weighted by atomic mass is 9.92. The van der Waals surface area contributed by atoms with Gasteiger partial charge in [0.25, 0.3) is 5.91 Å². The summed E-state index contributed by atoms with van der Waals surface area (Å²) in [7, 11) is 1.53. The second kappa shape index (κ2) is 8.21. The van der Waals surface area contributed by atoms with Crippen molar-refractivity contribution in [3.8, 4) is 5.88 Å². The summed E-state index contributed by atoms with van der Waals surface area (Å²) in [6.07, 6.45) is 4.65. The van der Waals surface area contributed by atoms with Gasteiger partial charge in [0, 0.05) is 18.8 Å². The van der Waals surface area contributed by atoms with Gasteiger partial charge in [-0.15, -0.1) is 0 Å². The Morgan fingerprint density at radius 3 is 2.72 bits per heavy atom. The van der Waals surface area contributed by atoms with Crippen LogP contribution in [0.25, 0.3) is 11.0 Å². The van der Waals surface area contributed by atoms with Crippen molar-refractivity contribution in [2.75, 3.05) is 7.11 Å². The van der Waals surface area contributed by atoms with Gasteiger partial charge in [-0.3, -0.25) is 4.79 Å². The third kappa shape index (κ3) is 4.10. The molecule has 2 N–H and O–H groups in total. The normalized spacial score (nSPS) is 19.3. The highest BCUT2D eigenvalue weighted by Gasteiger charge is 2.26. The van der Waals surface area contributed by atoms with Crippen LogP contribution in [0.3, 0.4) is 0 Å². The molecule has 2 atom stereocenters. The molecular formula is C22H24FN3O3. The van der Waals surface area contributed by atoms with E-state index in [0.717, 1.165) is 30.3 Å². The molecule has 1 aromatic carbocycles. The smallest absolute Gasteiger partial charge is 0.255 e. The summed E-state index contributed by atoms with van der Waals surface area (Å²) in [5.41, 5.74) is 2.66. The Labute approximate surface area is 168 Å². The molecule has 0 bridgehead atoms. The fraction of sp³-hybridized carbons (Fsp3) is 0.364. The van der Waals surface area contributed by atoms with Crippen LogP contribution in [0.1, 0.15) is 41.6 Å². The molecule has 6 nitrogen and oxygen atoms in total. The second-order valence-electron chi connectivity index (χ2n) is 7.45. The fourth-order valence-corrected chi connectivity index (χ4v) is 3.87. The standard InChI is InChI=1S/C22H24FN3O3/c1-29-20-11-10-18-21(25-20)16(22(28)24-17-4-2-3-5-19(17)27)13-26(18)12-14-6-8-15(23)9-7-14/h6-11,13,17,19,27H,2-5,12H2,1H3,(H,24,28)/t17-,19-/m0/s1. The van der Waals surface area contributed by atoms with E-state index in [-0.39, 0.29) is 17.8 Å². The first-order chi connectivity index (χ1) is 14.0. The SMILES string of the molecule is COc1ccc2c(n1)c(C(=O)N[C@H]1CCCC[C@@H]1O)cn2Cc1ccc(F)cc1. The van der Waals surface area contributed by atoms with E-state index < -0.39 is 6.10 Å². The Morgan fingerprint density at radius 2 is 2.00 bits per heavy atom. The summed E-state index contributed by atoms with van der Waals surface area (Å²) < 4.78 is 20.4. The molecule has 1 aliphatic rings. The number of benzene rings is 1. The van der Waals surface area contributed by atoms with Gasteiger partial charge in [0.2, 0.25) is 5.88 Å². The van der Waals surface area contributed by atoms with Gasteiger partial charge in [0.1, 0.15) is 11.3 Å². The van der Waals surface area contributed by atoms with E-state index in [1.807, 2.05) is 10.6 Å². The number of ether oxygens (including phenoxy) is 1. The number of halogens is 1. The van der Waals surface area contributed by atoms with Crippen LogP contribution in [0.2, 0.25) is 0 Å². The van der Waals surface area contributed by atoms with E-state index in [2.05, 4.69) is 10.3 Å². The summed E-state index contributed by atoms with van der Waals surface area (Å²) in [4.78, 5) is 17.5. The summed E-state index contributed by atoms with van der Waals surface area (Å²) in [6, 6.07) is 9.62. The van der Waals surface area contributed by atoms with Crippen molar-refractivity contribution in [1.82, 2.24) is 14.9 Å². The van der Waals surface area contributed by atoms with E-state index in [9.17, 15) is 14.3 Å². The molecule has 3 aromatic rings. The maximum Gasteiger partial charge on any atom is 0.255 e.